The summed E-state index contributed by atoms with van der Waals surface area (Å²) < 4.78 is 16.3. The van der Waals surface area contributed by atoms with Crippen molar-refractivity contribution in [3.05, 3.63) is 23.3 Å². The SMILES string of the molecule is COc1cc(O)c(/C=C/C(=O)NC2CCCCC2)c(OC)c1CC(O)C(C)(C)OC. The first-order valence-electron chi connectivity index (χ1n) is 10.4. The first-order chi connectivity index (χ1) is 14.2. The number of benzene rings is 1. The van der Waals surface area contributed by atoms with Crippen LogP contribution in [0.4, 0.5) is 0 Å². The van der Waals surface area contributed by atoms with Crippen molar-refractivity contribution in [3.8, 4) is 17.2 Å². The molecule has 0 aromatic heterocycles. The van der Waals surface area contributed by atoms with E-state index in [4.69, 9.17) is 14.2 Å². The van der Waals surface area contributed by atoms with E-state index >= 15 is 0 Å². The fraction of sp³-hybridized carbons (Fsp3) is 0.609. The fourth-order valence-electron chi connectivity index (χ4n) is 3.68. The maximum absolute atomic E-state index is 12.4. The van der Waals surface area contributed by atoms with E-state index in [0.29, 0.717) is 22.6 Å². The number of phenols is 1. The molecular formula is C23H35NO6. The van der Waals surface area contributed by atoms with E-state index in [2.05, 4.69) is 5.32 Å². The van der Waals surface area contributed by atoms with Crippen LogP contribution < -0.4 is 14.8 Å². The number of amides is 1. The molecule has 2 rings (SSSR count). The second-order valence-electron chi connectivity index (χ2n) is 8.23. The minimum absolute atomic E-state index is 0.0744. The van der Waals surface area contributed by atoms with Crippen LogP contribution in [0.2, 0.25) is 0 Å². The predicted molar refractivity (Wildman–Crippen MR) is 116 cm³/mol. The van der Waals surface area contributed by atoms with Gasteiger partial charge in [0.1, 0.15) is 17.2 Å². The Kier molecular flexibility index (Phi) is 8.55. The standard InChI is InChI=1S/C23H35NO6/c1-23(2,30-5)20(26)13-17-19(28-3)14-18(25)16(22(17)29-4)11-12-21(27)24-15-9-7-6-8-10-15/h11-12,14-15,20,25-26H,6-10,13H2,1-5H3,(H,24,27)/b12-11+. The monoisotopic (exact) mass is 421 g/mol. The van der Waals surface area contributed by atoms with E-state index < -0.39 is 11.7 Å². The summed E-state index contributed by atoms with van der Waals surface area (Å²) in [6.07, 6.45) is 7.73. The third kappa shape index (κ3) is 5.89. The van der Waals surface area contributed by atoms with E-state index in [9.17, 15) is 15.0 Å². The Morgan fingerprint density at radius 3 is 2.47 bits per heavy atom. The molecule has 7 nitrogen and oxygen atoms in total. The molecule has 168 valence electrons. The molecule has 0 saturated heterocycles. The van der Waals surface area contributed by atoms with Gasteiger partial charge in [0.25, 0.3) is 0 Å². The van der Waals surface area contributed by atoms with E-state index in [0.717, 1.165) is 25.7 Å². The zero-order valence-electron chi connectivity index (χ0n) is 18.7. The summed E-state index contributed by atoms with van der Waals surface area (Å²) in [6, 6.07) is 1.66. The van der Waals surface area contributed by atoms with Crippen LogP contribution in [0, 0.1) is 0 Å². The molecule has 3 N–H and O–H groups in total. The molecule has 1 unspecified atom stereocenters. The lowest BCUT2D eigenvalue weighted by atomic mass is 9.92. The van der Waals surface area contributed by atoms with Gasteiger partial charge in [0.2, 0.25) is 5.91 Å². The number of phenolic OH excluding ortho intramolecular Hbond substituents is 1. The van der Waals surface area contributed by atoms with Crippen molar-refractivity contribution < 1.29 is 29.2 Å². The first-order valence-corrected chi connectivity index (χ1v) is 10.4. The molecule has 1 atom stereocenters. The zero-order chi connectivity index (χ0) is 22.3. The minimum atomic E-state index is -0.846. The molecule has 0 aliphatic heterocycles. The Morgan fingerprint density at radius 2 is 1.90 bits per heavy atom. The Bertz CT molecular complexity index is 753. The van der Waals surface area contributed by atoms with Gasteiger partial charge in [0, 0.05) is 37.3 Å². The summed E-state index contributed by atoms with van der Waals surface area (Å²) in [4.78, 5) is 12.4. The van der Waals surface area contributed by atoms with Gasteiger partial charge in [-0.25, -0.2) is 0 Å². The quantitative estimate of drug-likeness (QED) is 0.530. The average molecular weight is 422 g/mol. The van der Waals surface area contributed by atoms with Gasteiger partial charge in [0.15, 0.2) is 0 Å². The number of ether oxygens (including phenoxy) is 3. The molecule has 1 saturated carbocycles. The van der Waals surface area contributed by atoms with Gasteiger partial charge >= 0.3 is 0 Å². The van der Waals surface area contributed by atoms with Gasteiger partial charge in [-0.1, -0.05) is 19.3 Å². The van der Waals surface area contributed by atoms with E-state index in [1.165, 1.54) is 46.0 Å². The average Bonchev–Trinajstić information content (AvgIpc) is 2.73. The summed E-state index contributed by atoms with van der Waals surface area (Å²) >= 11 is 0. The van der Waals surface area contributed by atoms with E-state index in [-0.39, 0.29) is 24.1 Å². The largest absolute Gasteiger partial charge is 0.507 e. The number of methoxy groups -OCH3 is 3. The number of hydrogen-bond donors (Lipinski definition) is 3. The Hall–Kier alpha value is -2.25. The van der Waals surface area contributed by atoms with Gasteiger partial charge in [-0.05, 0) is 32.8 Å². The van der Waals surface area contributed by atoms with Crippen molar-refractivity contribution in [2.24, 2.45) is 0 Å². The lowest BCUT2D eigenvalue weighted by Crippen LogP contribution is -2.39. The van der Waals surface area contributed by atoms with Crippen molar-refractivity contribution in [2.45, 2.75) is 70.1 Å². The topological polar surface area (TPSA) is 97.3 Å². The summed E-state index contributed by atoms with van der Waals surface area (Å²) in [5.41, 5.74) is 0.154. The normalized spacial score (nSPS) is 16.5. The van der Waals surface area contributed by atoms with Gasteiger partial charge in [-0.3, -0.25) is 4.79 Å². The van der Waals surface area contributed by atoms with Crippen molar-refractivity contribution in [2.75, 3.05) is 21.3 Å². The summed E-state index contributed by atoms with van der Waals surface area (Å²) in [5.74, 6) is 0.453. The number of carbonyl (C=O) groups is 1. The summed E-state index contributed by atoms with van der Waals surface area (Å²) in [7, 11) is 4.50. The molecule has 0 spiro atoms. The molecule has 0 bridgehead atoms. The Balaban J connectivity index is 2.31. The highest BCUT2D eigenvalue weighted by molar-refractivity contribution is 5.93. The van der Waals surface area contributed by atoms with Gasteiger partial charge in [-0.2, -0.15) is 0 Å². The highest BCUT2D eigenvalue weighted by Crippen LogP contribution is 2.41. The lowest BCUT2D eigenvalue weighted by molar-refractivity contribution is -0.117. The van der Waals surface area contributed by atoms with Crippen molar-refractivity contribution >= 4 is 12.0 Å². The molecular weight excluding hydrogens is 386 g/mol. The molecule has 1 aliphatic carbocycles. The maximum Gasteiger partial charge on any atom is 0.244 e. The number of rotatable bonds is 9. The van der Waals surface area contributed by atoms with Crippen LogP contribution in [0.1, 0.15) is 57.1 Å². The van der Waals surface area contributed by atoms with Gasteiger partial charge in [-0.15, -0.1) is 0 Å². The van der Waals surface area contributed by atoms with Crippen LogP contribution in [0.5, 0.6) is 17.2 Å². The fourth-order valence-corrected chi connectivity index (χ4v) is 3.68. The van der Waals surface area contributed by atoms with Crippen LogP contribution in [-0.4, -0.2) is 55.2 Å². The minimum Gasteiger partial charge on any atom is -0.507 e. The molecule has 0 radical (unpaired) electrons. The first kappa shape index (κ1) is 24.0. The van der Waals surface area contributed by atoms with E-state index in [1.54, 1.807) is 13.8 Å². The highest BCUT2D eigenvalue weighted by Gasteiger charge is 2.30. The van der Waals surface area contributed by atoms with E-state index in [1.807, 2.05) is 0 Å². The number of aliphatic hydroxyl groups is 1. The lowest BCUT2D eigenvalue weighted by Gasteiger charge is -2.30. The molecule has 1 aliphatic rings. The molecule has 30 heavy (non-hydrogen) atoms. The third-order valence-electron chi connectivity index (χ3n) is 5.86. The Labute approximate surface area is 179 Å². The third-order valence-corrected chi connectivity index (χ3v) is 5.86. The number of carbonyl (C=O) groups excluding carboxylic acids is 1. The van der Waals surface area contributed by atoms with Gasteiger partial charge in [0.05, 0.1) is 31.5 Å². The number of nitrogens with one attached hydrogen (secondary N) is 1. The van der Waals surface area contributed by atoms with Crippen molar-refractivity contribution in [3.63, 3.8) is 0 Å². The predicted octanol–water partition coefficient (Wildman–Crippen LogP) is 3.20. The van der Waals surface area contributed by atoms with Crippen LogP contribution in [0.25, 0.3) is 6.08 Å². The highest BCUT2D eigenvalue weighted by atomic mass is 16.5. The second-order valence-corrected chi connectivity index (χ2v) is 8.23. The van der Waals surface area contributed by atoms with Crippen molar-refractivity contribution in [1.29, 1.82) is 0 Å². The van der Waals surface area contributed by atoms with Crippen LogP contribution in [-0.2, 0) is 16.0 Å². The Morgan fingerprint density at radius 1 is 1.23 bits per heavy atom. The number of aromatic hydroxyl groups is 1. The van der Waals surface area contributed by atoms with Crippen molar-refractivity contribution in [1.82, 2.24) is 5.32 Å². The van der Waals surface area contributed by atoms with Crippen LogP contribution in [0.3, 0.4) is 0 Å². The maximum atomic E-state index is 12.4. The molecule has 1 amide bonds. The molecule has 0 heterocycles. The smallest absolute Gasteiger partial charge is 0.244 e. The molecule has 1 aromatic carbocycles. The summed E-state index contributed by atoms with van der Waals surface area (Å²) in [6.45, 7) is 3.57. The van der Waals surface area contributed by atoms with Crippen LogP contribution in [0.15, 0.2) is 12.1 Å². The van der Waals surface area contributed by atoms with Gasteiger partial charge < -0.3 is 29.7 Å². The molecule has 1 aromatic rings. The summed E-state index contributed by atoms with van der Waals surface area (Å²) in [5, 5.41) is 24.2. The molecule has 7 heteroatoms. The zero-order valence-corrected chi connectivity index (χ0v) is 18.7. The van der Waals surface area contributed by atoms with Crippen LogP contribution >= 0.6 is 0 Å². The molecule has 1 fully saturated rings. The number of aliphatic hydroxyl groups excluding tert-OH is 1. The number of hydrogen-bond acceptors (Lipinski definition) is 6. The second kappa shape index (κ2) is 10.7.